The normalized spacial score (nSPS) is 20.9. The number of ether oxygens (including phenoxy) is 1. The van der Waals surface area contributed by atoms with Gasteiger partial charge in [-0.1, -0.05) is 17.7 Å². The summed E-state index contributed by atoms with van der Waals surface area (Å²) in [6.45, 7) is 3.06. The van der Waals surface area contributed by atoms with Gasteiger partial charge in [0, 0.05) is 17.6 Å². The molecule has 1 aliphatic heterocycles. The Labute approximate surface area is 151 Å². The van der Waals surface area contributed by atoms with Gasteiger partial charge in [0.25, 0.3) is 0 Å². The van der Waals surface area contributed by atoms with Crippen LogP contribution in [0.15, 0.2) is 24.3 Å². The largest absolute Gasteiger partial charge is 0.493 e. The highest BCUT2D eigenvalue weighted by molar-refractivity contribution is 6.30. The van der Waals surface area contributed by atoms with Gasteiger partial charge in [-0.15, -0.1) is 24.8 Å². The fraction of sp³-hybridized carbons (Fsp3) is 0.625. The van der Waals surface area contributed by atoms with E-state index in [1.165, 1.54) is 19.4 Å². The number of piperidine rings is 1. The topological polar surface area (TPSA) is 24.5 Å². The van der Waals surface area contributed by atoms with Gasteiger partial charge in [0.2, 0.25) is 0 Å². The van der Waals surface area contributed by atoms with Gasteiger partial charge >= 0.3 is 0 Å². The number of hydrogen-bond acceptors (Lipinski definition) is 3. The number of nitrogens with zero attached hydrogens (tertiary/aromatic N) is 1. The van der Waals surface area contributed by atoms with Crippen LogP contribution < -0.4 is 10.1 Å². The van der Waals surface area contributed by atoms with Gasteiger partial charge in [0.1, 0.15) is 5.75 Å². The van der Waals surface area contributed by atoms with Crippen LogP contribution in [0.3, 0.4) is 0 Å². The van der Waals surface area contributed by atoms with Crippen LogP contribution in [0.5, 0.6) is 5.75 Å². The molecule has 2 rings (SSSR count). The molecule has 1 fully saturated rings. The minimum atomic E-state index is 0. The van der Waals surface area contributed by atoms with Crippen LogP contribution in [0.1, 0.15) is 19.3 Å². The smallest absolute Gasteiger partial charge is 0.120 e. The quantitative estimate of drug-likeness (QED) is 0.823. The van der Waals surface area contributed by atoms with E-state index < -0.39 is 0 Å². The van der Waals surface area contributed by atoms with Gasteiger partial charge in [0.05, 0.1) is 6.61 Å². The Kier molecular flexibility index (Phi) is 11.3. The van der Waals surface area contributed by atoms with E-state index in [4.69, 9.17) is 16.3 Å². The van der Waals surface area contributed by atoms with Crippen molar-refractivity contribution >= 4 is 36.4 Å². The van der Waals surface area contributed by atoms with Crippen LogP contribution in [0.2, 0.25) is 5.02 Å². The SMILES string of the molecule is CN(C)CC1CCNC(CCOc2cccc(Cl)c2)C1.Cl.Cl. The van der Waals surface area contributed by atoms with Crippen LogP contribution in [0.4, 0.5) is 0 Å². The summed E-state index contributed by atoms with van der Waals surface area (Å²) < 4.78 is 5.77. The van der Waals surface area contributed by atoms with Crippen LogP contribution in [-0.2, 0) is 0 Å². The third-order valence-electron chi connectivity index (χ3n) is 3.76. The van der Waals surface area contributed by atoms with E-state index in [0.29, 0.717) is 6.04 Å². The first kappa shape index (κ1) is 21.8. The maximum absolute atomic E-state index is 5.94. The molecule has 22 heavy (non-hydrogen) atoms. The van der Waals surface area contributed by atoms with Crippen molar-refractivity contribution in [3.05, 3.63) is 29.3 Å². The summed E-state index contributed by atoms with van der Waals surface area (Å²) in [5.41, 5.74) is 0. The molecule has 1 saturated heterocycles. The van der Waals surface area contributed by atoms with E-state index in [-0.39, 0.29) is 24.8 Å². The molecule has 128 valence electrons. The second-order valence-electron chi connectivity index (χ2n) is 5.90. The van der Waals surface area contributed by atoms with Crippen molar-refractivity contribution in [2.24, 2.45) is 5.92 Å². The summed E-state index contributed by atoms with van der Waals surface area (Å²) >= 11 is 5.94. The number of halogens is 3. The Morgan fingerprint density at radius 3 is 2.77 bits per heavy atom. The monoisotopic (exact) mass is 368 g/mol. The molecule has 1 heterocycles. The highest BCUT2D eigenvalue weighted by atomic mass is 35.5. The number of hydrogen-bond donors (Lipinski definition) is 1. The maximum atomic E-state index is 5.94. The van der Waals surface area contributed by atoms with Crippen LogP contribution >= 0.6 is 36.4 Å². The minimum Gasteiger partial charge on any atom is -0.493 e. The van der Waals surface area contributed by atoms with E-state index in [0.717, 1.165) is 36.3 Å². The van der Waals surface area contributed by atoms with Crippen LogP contribution in [-0.4, -0.2) is 44.7 Å². The third kappa shape index (κ3) is 7.89. The summed E-state index contributed by atoms with van der Waals surface area (Å²) in [7, 11) is 4.30. The lowest BCUT2D eigenvalue weighted by Gasteiger charge is -2.32. The Balaban J connectivity index is 0.00000220. The highest BCUT2D eigenvalue weighted by Crippen LogP contribution is 2.20. The summed E-state index contributed by atoms with van der Waals surface area (Å²) in [6, 6.07) is 8.18. The zero-order chi connectivity index (χ0) is 14.4. The number of nitrogens with one attached hydrogen (secondary N) is 1. The zero-order valence-electron chi connectivity index (χ0n) is 13.3. The molecule has 0 amide bonds. The molecule has 0 radical (unpaired) electrons. The molecule has 0 bridgehead atoms. The average Bonchev–Trinajstić information content (AvgIpc) is 2.38. The van der Waals surface area contributed by atoms with E-state index in [2.05, 4.69) is 24.3 Å². The summed E-state index contributed by atoms with van der Waals surface area (Å²) in [4.78, 5) is 2.29. The van der Waals surface area contributed by atoms with Gasteiger partial charge in [-0.2, -0.15) is 0 Å². The first-order valence-electron chi connectivity index (χ1n) is 7.40. The molecule has 0 saturated carbocycles. The average molecular weight is 370 g/mol. The molecular formula is C16H27Cl3N2O. The zero-order valence-corrected chi connectivity index (χ0v) is 15.6. The Morgan fingerprint density at radius 1 is 1.32 bits per heavy atom. The van der Waals surface area contributed by atoms with Crippen molar-refractivity contribution in [3.8, 4) is 5.75 Å². The summed E-state index contributed by atoms with van der Waals surface area (Å²) in [5.74, 6) is 1.67. The van der Waals surface area contributed by atoms with Gasteiger partial charge in [-0.25, -0.2) is 0 Å². The predicted octanol–water partition coefficient (Wildman–Crippen LogP) is 3.88. The molecule has 0 aliphatic carbocycles. The first-order valence-corrected chi connectivity index (χ1v) is 7.78. The lowest BCUT2D eigenvalue weighted by Crippen LogP contribution is -2.41. The fourth-order valence-corrected chi connectivity index (χ4v) is 3.05. The van der Waals surface area contributed by atoms with Crippen molar-refractivity contribution in [2.75, 3.05) is 33.8 Å². The molecule has 3 nitrogen and oxygen atoms in total. The molecule has 0 aromatic heterocycles. The third-order valence-corrected chi connectivity index (χ3v) is 3.99. The van der Waals surface area contributed by atoms with E-state index in [1.807, 2.05) is 24.3 Å². The van der Waals surface area contributed by atoms with Gasteiger partial charge in [0.15, 0.2) is 0 Å². The molecule has 1 aromatic rings. The summed E-state index contributed by atoms with van der Waals surface area (Å²) in [5, 5.41) is 4.32. The van der Waals surface area contributed by atoms with Crippen molar-refractivity contribution in [2.45, 2.75) is 25.3 Å². The van der Waals surface area contributed by atoms with E-state index >= 15 is 0 Å². The number of rotatable bonds is 6. The van der Waals surface area contributed by atoms with Gasteiger partial charge < -0.3 is 15.0 Å². The molecule has 2 atom stereocenters. The Bertz CT molecular complexity index is 418. The van der Waals surface area contributed by atoms with E-state index in [1.54, 1.807) is 0 Å². The highest BCUT2D eigenvalue weighted by Gasteiger charge is 2.21. The van der Waals surface area contributed by atoms with E-state index in [9.17, 15) is 0 Å². The Hall–Kier alpha value is -0.190. The molecule has 0 spiro atoms. The Morgan fingerprint density at radius 2 is 2.09 bits per heavy atom. The van der Waals surface area contributed by atoms with Crippen molar-refractivity contribution in [1.82, 2.24) is 10.2 Å². The lowest BCUT2D eigenvalue weighted by molar-refractivity contribution is 0.210. The molecule has 6 heteroatoms. The first-order chi connectivity index (χ1) is 9.63. The van der Waals surface area contributed by atoms with Crippen LogP contribution in [0.25, 0.3) is 0 Å². The molecule has 1 aromatic carbocycles. The lowest BCUT2D eigenvalue weighted by atomic mass is 9.91. The van der Waals surface area contributed by atoms with Gasteiger partial charge in [-0.05, 0) is 64.0 Å². The maximum Gasteiger partial charge on any atom is 0.120 e. The standard InChI is InChI=1S/C16H25ClN2O.2ClH/c1-19(2)12-13-6-8-18-15(10-13)7-9-20-16-5-3-4-14(17)11-16;;/h3-5,11,13,15,18H,6-10,12H2,1-2H3;2*1H. The molecule has 2 unspecified atom stereocenters. The van der Waals surface area contributed by atoms with Gasteiger partial charge in [-0.3, -0.25) is 0 Å². The van der Waals surface area contributed by atoms with Crippen molar-refractivity contribution in [1.29, 1.82) is 0 Å². The van der Waals surface area contributed by atoms with Crippen molar-refractivity contribution < 1.29 is 4.74 Å². The predicted molar refractivity (Wildman–Crippen MR) is 99.1 cm³/mol. The number of benzene rings is 1. The second kappa shape index (κ2) is 11.4. The summed E-state index contributed by atoms with van der Waals surface area (Å²) in [6.07, 6.45) is 3.58. The second-order valence-corrected chi connectivity index (χ2v) is 6.33. The molecule has 1 N–H and O–H groups in total. The van der Waals surface area contributed by atoms with Crippen LogP contribution in [0, 0.1) is 5.92 Å². The fourth-order valence-electron chi connectivity index (χ4n) is 2.87. The van der Waals surface area contributed by atoms with Crippen molar-refractivity contribution in [3.63, 3.8) is 0 Å². The molecular weight excluding hydrogens is 343 g/mol. The minimum absolute atomic E-state index is 0. The molecule has 1 aliphatic rings.